The summed E-state index contributed by atoms with van der Waals surface area (Å²) in [7, 11) is 0. The van der Waals surface area contributed by atoms with Crippen LogP contribution in [-0.4, -0.2) is 20.7 Å². The first-order valence-corrected chi connectivity index (χ1v) is 10.3. The topological polar surface area (TPSA) is 57.0 Å². The minimum Gasteiger partial charge on any atom is -0.455 e. The molecule has 0 aliphatic carbocycles. The van der Waals surface area contributed by atoms with E-state index in [-0.39, 0.29) is 6.61 Å². The van der Waals surface area contributed by atoms with Gasteiger partial charge >= 0.3 is 5.97 Å². The third-order valence-electron chi connectivity index (χ3n) is 4.67. The zero-order chi connectivity index (χ0) is 20.3. The summed E-state index contributed by atoms with van der Waals surface area (Å²) in [6.45, 7) is 0.128. The molecule has 30 heavy (non-hydrogen) atoms. The number of nitrogens with zero attached hydrogens (tertiary/aromatic N) is 3. The molecule has 0 aliphatic rings. The van der Waals surface area contributed by atoms with E-state index in [0.717, 1.165) is 26.5 Å². The van der Waals surface area contributed by atoms with Gasteiger partial charge in [-0.05, 0) is 24.3 Å². The molecule has 0 saturated heterocycles. The van der Waals surface area contributed by atoms with Crippen LogP contribution >= 0.6 is 11.3 Å². The molecule has 5 nitrogen and oxygen atoms in total. The van der Waals surface area contributed by atoms with Crippen LogP contribution in [0.1, 0.15) is 15.4 Å². The molecule has 5 rings (SSSR count). The number of esters is 1. The minimum atomic E-state index is -0.421. The van der Waals surface area contributed by atoms with E-state index in [1.165, 1.54) is 11.3 Å². The first-order valence-electron chi connectivity index (χ1n) is 9.50. The maximum absolute atomic E-state index is 13.0. The Morgan fingerprint density at radius 1 is 0.900 bits per heavy atom. The highest BCUT2D eigenvalue weighted by molar-refractivity contribution is 7.18. The maximum atomic E-state index is 13.0. The Morgan fingerprint density at radius 3 is 2.37 bits per heavy atom. The second-order valence-electron chi connectivity index (χ2n) is 6.69. The summed E-state index contributed by atoms with van der Waals surface area (Å²) < 4.78 is 8.39. The summed E-state index contributed by atoms with van der Waals surface area (Å²) in [4.78, 5) is 17.5. The number of carbonyl (C=O) groups excluding carboxylic acids is 1. The van der Waals surface area contributed by atoms with Gasteiger partial charge in [-0.2, -0.15) is 5.10 Å². The molecule has 0 radical (unpaired) electrons. The number of aromatic nitrogens is 3. The Balaban J connectivity index is 1.45. The van der Waals surface area contributed by atoms with Crippen LogP contribution in [0.4, 0.5) is 0 Å². The summed E-state index contributed by atoms with van der Waals surface area (Å²) in [5, 5.41) is 5.43. The maximum Gasteiger partial charge on any atom is 0.342 e. The van der Waals surface area contributed by atoms with Crippen molar-refractivity contribution >= 4 is 27.5 Å². The average molecular weight is 411 g/mol. The number of ether oxygens (including phenoxy) is 1. The largest absolute Gasteiger partial charge is 0.455 e. The van der Waals surface area contributed by atoms with Crippen molar-refractivity contribution in [2.75, 3.05) is 0 Å². The van der Waals surface area contributed by atoms with Crippen molar-refractivity contribution in [3.05, 3.63) is 102 Å². The van der Waals surface area contributed by atoms with Gasteiger partial charge in [0.15, 0.2) is 0 Å². The van der Waals surface area contributed by atoms with E-state index in [4.69, 9.17) is 4.74 Å². The molecule has 2 aromatic heterocycles. The fourth-order valence-electron chi connectivity index (χ4n) is 3.23. The monoisotopic (exact) mass is 411 g/mol. The Kier molecular flexibility index (Phi) is 4.83. The van der Waals surface area contributed by atoms with Crippen LogP contribution in [0.5, 0.6) is 0 Å². The Hall–Kier alpha value is -3.77. The summed E-state index contributed by atoms with van der Waals surface area (Å²) in [5.74, 6) is -0.421. The van der Waals surface area contributed by atoms with Crippen molar-refractivity contribution in [2.45, 2.75) is 6.61 Å². The van der Waals surface area contributed by atoms with Crippen LogP contribution in [0.25, 0.3) is 27.2 Å². The summed E-state index contributed by atoms with van der Waals surface area (Å²) in [5.41, 5.74) is 3.66. The van der Waals surface area contributed by atoms with Gasteiger partial charge in [0.25, 0.3) is 0 Å². The van der Waals surface area contributed by atoms with Gasteiger partial charge in [0.2, 0.25) is 0 Å². The zero-order valence-corrected chi connectivity index (χ0v) is 16.8. The van der Waals surface area contributed by atoms with Gasteiger partial charge in [0.1, 0.15) is 22.9 Å². The fourth-order valence-corrected chi connectivity index (χ4v) is 4.11. The molecule has 0 spiro atoms. The third-order valence-corrected chi connectivity index (χ3v) is 5.68. The van der Waals surface area contributed by atoms with Gasteiger partial charge < -0.3 is 4.74 Å². The van der Waals surface area contributed by atoms with Crippen LogP contribution in [0.3, 0.4) is 0 Å². The quantitative estimate of drug-likeness (QED) is 0.358. The molecular formula is C24H17N3O2S. The summed E-state index contributed by atoms with van der Waals surface area (Å²) in [6, 6.07) is 27.2. The molecule has 0 unspecified atom stereocenters. The molecule has 3 aromatic carbocycles. The fraction of sp³-hybridized carbons (Fsp3) is 0.0417. The predicted octanol–water partition coefficient (Wildman–Crippen LogP) is 5.51. The highest BCUT2D eigenvalue weighted by Gasteiger charge is 2.20. The number of carbonyl (C=O) groups is 1. The predicted molar refractivity (Wildman–Crippen MR) is 118 cm³/mol. The Bertz CT molecular complexity index is 1280. The number of hydrogen-bond donors (Lipinski definition) is 0. The van der Waals surface area contributed by atoms with E-state index in [2.05, 4.69) is 10.1 Å². The molecule has 0 amide bonds. The number of rotatable bonds is 5. The molecule has 0 fully saturated rings. The van der Waals surface area contributed by atoms with Crippen molar-refractivity contribution < 1.29 is 9.53 Å². The number of hydrogen-bond acceptors (Lipinski definition) is 5. The van der Waals surface area contributed by atoms with E-state index in [0.29, 0.717) is 11.3 Å². The molecule has 6 heteroatoms. The van der Waals surface area contributed by atoms with Crippen molar-refractivity contribution in [3.63, 3.8) is 0 Å². The molecule has 0 atom stereocenters. The number of fused-ring (bicyclic) bond motifs is 1. The van der Waals surface area contributed by atoms with Gasteiger partial charge in [-0.3, -0.25) is 0 Å². The second-order valence-corrected chi connectivity index (χ2v) is 7.80. The summed E-state index contributed by atoms with van der Waals surface area (Å²) in [6.07, 6.45) is 1.72. The molecule has 0 saturated carbocycles. The lowest BCUT2D eigenvalue weighted by atomic mass is 10.1. The zero-order valence-electron chi connectivity index (χ0n) is 15.9. The van der Waals surface area contributed by atoms with Gasteiger partial charge in [0, 0.05) is 11.8 Å². The third kappa shape index (κ3) is 3.60. The van der Waals surface area contributed by atoms with E-state index < -0.39 is 5.97 Å². The molecule has 0 bridgehead atoms. The molecule has 146 valence electrons. The van der Waals surface area contributed by atoms with Crippen LogP contribution in [0.2, 0.25) is 0 Å². The number of thiazole rings is 1. The lowest BCUT2D eigenvalue weighted by Crippen LogP contribution is -2.05. The van der Waals surface area contributed by atoms with Crippen LogP contribution < -0.4 is 0 Å². The van der Waals surface area contributed by atoms with Crippen molar-refractivity contribution in [1.29, 1.82) is 0 Å². The Morgan fingerprint density at radius 2 is 1.60 bits per heavy atom. The minimum absolute atomic E-state index is 0.128. The molecule has 0 aliphatic heterocycles. The highest BCUT2D eigenvalue weighted by atomic mass is 32.1. The van der Waals surface area contributed by atoms with Crippen molar-refractivity contribution in [3.8, 4) is 16.9 Å². The summed E-state index contributed by atoms with van der Waals surface area (Å²) >= 11 is 1.53. The van der Waals surface area contributed by atoms with Crippen LogP contribution in [-0.2, 0) is 11.3 Å². The highest BCUT2D eigenvalue weighted by Crippen LogP contribution is 2.26. The molecule has 5 aromatic rings. The lowest BCUT2D eigenvalue weighted by molar-refractivity contribution is 0.0473. The number of benzene rings is 3. The standard InChI is InChI=1S/C24H17N3O2S/c28-24(29-16-22-25-20-13-7-8-14-21(20)30-22)19-15-27(18-11-5-2-6-12-18)26-23(19)17-9-3-1-4-10-17/h1-15H,16H2. The van der Waals surface area contributed by atoms with Gasteiger partial charge in [-0.25, -0.2) is 14.5 Å². The van der Waals surface area contributed by atoms with Gasteiger partial charge in [-0.1, -0.05) is 60.7 Å². The van der Waals surface area contributed by atoms with E-state index >= 15 is 0 Å². The van der Waals surface area contributed by atoms with Crippen molar-refractivity contribution in [2.24, 2.45) is 0 Å². The van der Waals surface area contributed by atoms with Gasteiger partial charge in [-0.15, -0.1) is 11.3 Å². The Labute approximate surface area is 177 Å². The lowest BCUT2D eigenvalue weighted by Gasteiger charge is -2.03. The van der Waals surface area contributed by atoms with E-state index in [1.54, 1.807) is 10.9 Å². The first kappa shape index (κ1) is 18.3. The van der Waals surface area contributed by atoms with Crippen molar-refractivity contribution in [1.82, 2.24) is 14.8 Å². The number of para-hydroxylation sites is 2. The molecule has 2 heterocycles. The van der Waals surface area contributed by atoms with Gasteiger partial charge in [0.05, 0.1) is 15.9 Å². The first-order chi connectivity index (χ1) is 14.8. The SMILES string of the molecule is O=C(OCc1nc2ccccc2s1)c1cn(-c2ccccc2)nc1-c1ccccc1. The van der Waals surface area contributed by atoms with Crippen LogP contribution in [0, 0.1) is 0 Å². The normalized spacial score (nSPS) is 10.9. The van der Waals surface area contributed by atoms with Crippen LogP contribution in [0.15, 0.2) is 91.1 Å². The van der Waals surface area contributed by atoms with E-state index in [9.17, 15) is 4.79 Å². The average Bonchev–Trinajstić information content (AvgIpc) is 3.43. The second kappa shape index (κ2) is 7.93. The molecular weight excluding hydrogens is 394 g/mol. The van der Waals surface area contributed by atoms with E-state index in [1.807, 2.05) is 84.9 Å². The smallest absolute Gasteiger partial charge is 0.342 e. The molecule has 0 N–H and O–H groups in total.